The van der Waals surface area contributed by atoms with Crippen LogP contribution in [0.3, 0.4) is 0 Å². The Morgan fingerprint density at radius 1 is 0.203 bits per heavy atom. The normalized spacial score (nSPS) is 11.4. The van der Waals surface area contributed by atoms with Gasteiger partial charge in [-0.15, -0.1) is 11.3 Å². The van der Waals surface area contributed by atoms with Gasteiger partial charge >= 0.3 is 0 Å². The van der Waals surface area contributed by atoms with Crippen molar-refractivity contribution in [2.75, 3.05) is 0 Å². The van der Waals surface area contributed by atoms with Crippen LogP contribution in [0.2, 0.25) is 0 Å². The SMILES string of the molecule is c1ccc(-c2cc(-c3ccccc3)c3oc4cccc(-c5cc(-c6ccccn6)nc(-c6ccccn6)c5)c4c3c2)cc1.c1ccc(-c2cc(-c3ccccc3)c3oc4cccc(-c5ccc(-c6nc7ccccc7o6)cn5)c4c3c2)cc1.c1ccc(-c2cc(-c3ccccc3)c3oc4cccc(-c5ccc(-c6nc7ccccc7s6)cn5)c4c3c2)cc1. The zero-order valence-corrected chi connectivity index (χ0v) is 66.8. The largest absolute Gasteiger partial charge is 0.455 e. The van der Waals surface area contributed by atoms with Crippen molar-refractivity contribution < 1.29 is 17.7 Å². The summed E-state index contributed by atoms with van der Waals surface area (Å²) >= 11 is 1.69. The van der Waals surface area contributed by atoms with Gasteiger partial charge in [-0.05, 0) is 201 Å². The van der Waals surface area contributed by atoms with Gasteiger partial charge < -0.3 is 17.7 Å². The summed E-state index contributed by atoms with van der Waals surface area (Å²) in [5, 5.41) is 7.40. The molecule has 0 saturated heterocycles. The summed E-state index contributed by atoms with van der Waals surface area (Å²) in [5.41, 5.74) is 32.3. The Balaban J connectivity index is 0.000000110. The van der Waals surface area contributed by atoms with Crippen molar-refractivity contribution in [1.29, 1.82) is 0 Å². The minimum absolute atomic E-state index is 0.562. The topological polar surface area (TPSA) is 143 Å². The van der Waals surface area contributed by atoms with Gasteiger partial charge in [-0.2, -0.15) is 0 Å². The number of rotatable bonds is 13. The number of furan rings is 3. The van der Waals surface area contributed by atoms with Crippen molar-refractivity contribution in [3.63, 3.8) is 0 Å². The van der Waals surface area contributed by atoms with Crippen molar-refractivity contribution in [1.82, 2.24) is 34.9 Å². The van der Waals surface area contributed by atoms with Crippen molar-refractivity contribution in [2.24, 2.45) is 0 Å². The molecule has 14 aromatic carbocycles. The molecular formula is C111H69N7O4S. The third kappa shape index (κ3) is 14.1. The molecule has 0 radical (unpaired) electrons. The van der Waals surface area contributed by atoms with Crippen molar-refractivity contribution >= 4 is 98.5 Å². The lowest BCUT2D eigenvalue weighted by Crippen LogP contribution is -1.94. The van der Waals surface area contributed by atoms with Crippen LogP contribution in [0.25, 0.3) is 232 Å². The lowest BCUT2D eigenvalue weighted by atomic mass is 9.93. The molecule has 0 N–H and O–H groups in total. The van der Waals surface area contributed by atoms with Crippen LogP contribution < -0.4 is 0 Å². The van der Waals surface area contributed by atoms with Gasteiger partial charge in [0, 0.05) is 90.5 Å². The van der Waals surface area contributed by atoms with Gasteiger partial charge in [-0.3, -0.25) is 19.9 Å². The summed E-state index contributed by atoms with van der Waals surface area (Å²) in [5.74, 6) is 0.562. The highest BCUT2D eigenvalue weighted by atomic mass is 32.1. The quantitative estimate of drug-likeness (QED) is 0.109. The predicted molar refractivity (Wildman–Crippen MR) is 502 cm³/mol. The monoisotopic (exact) mass is 1600 g/mol. The Hall–Kier alpha value is -16.4. The van der Waals surface area contributed by atoms with E-state index in [9.17, 15) is 0 Å². The van der Waals surface area contributed by atoms with Crippen LogP contribution >= 0.6 is 11.3 Å². The maximum absolute atomic E-state index is 6.68. The molecule has 0 aliphatic carbocycles. The zero-order chi connectivity index (χ0) is 81.5. The Bertz CT molecular complexity index is 7570. The van der Waals surface area contributed by atoms with E-state index in [4.69, 9.17) is 37.6 Å². The summed E-state index contributed by atoms with van der Waals surface area (Å²) in [7, 11) is 0. The van der Waals surface area contributed by atoms with E-state index in [1.807, 2.05) is 152 Å². The summed E-state index contributed by atoms with van der Waals surface area (Å²) in [4.78, 5) is 33.4. The third-order valence-electron chi connectivity index (χ3n) is 22.5. The molecule has 0 aliphatic rings. The molecule has 0 saturated carbocycles. The number of fused-ring (bicyclic) bond motifs is 11. The number of pyridine rings is 5. The Morgan fingerprint density at radius 2 is 0.585 bits per heavy atom. The molecule has 12 heteroatoms. The molecule has 10 heterocycles. The fraction of sp³-hybridized carbons (Fsp3) is 0. The molecular weight excluding hydrogens is 1530 g/mol. The van der Waals surface area contributed by atoms with E-state index in [0.29, 0.717) is 5.89 Å². The third-order valence-corrected chi connectivity index (χ3v) is 23.6. The summed E-state index contributed by atoms with van der Waals surface area (Å²) in [6.45, 7) is 0. The fourth-order valence-corrected chi connectivity index (χ4v) is 17.6. The van der Waals surface area contributed by atoms with Crippen LogP contribution in [0.15, 0.2) is 437 Å². The molecule has 578 valence electrons. The lowest BCUT2D eigenvalue weighted by molar-refractivity contribution is 0.619. The standard InChI is InChI=1S/C39H25N3O.C36H22N2O2.C36H22N2OS/c1-3-12-26(13-4-1)28-22-31(27-14-5-2-6-15-27)39-32(23-28)38-30(16-11-19-37(38)43-39)29-24-35(33-17-7-9-20-40-33)42-36(25-29)34-18-8-10-21-41-34;1-3-10-23(11-4-1)26-20-28(24-12-5-2-6-13-24)35-29(21-26)34-27(14-9-17-33(34)39-35)30-19-18-25(22-37-30)36-38-31-15-7-8-16-32(31)40-36;1-3-10-23(11-4-1)26-20-28(24-12-5-2-6-13-24)35-29(21-26)34-27(14-9-16-32(34)39-35)30-19-18-25(22-37-30)36-38-31-15-7-8-17-33(31)40-36/h1-25H;2*1-22H. The minimum atomic E-state index is 0.562. The molecule has 24 rings (SSSR count). The molecule has 123 heavy (non-hydrogen) atoms. The van der Waals surface area contributed by atoms with Crippen LogP contribution in [0, 0.1) is 0 Å². The van der Waals surface area contributed by atoms with Crippen LogP contribution in [0.4, 0.5) is 0 Å². The average Bonchev–Trinajstić information content (AvgIpc) is 1.61. The van der Waals surface area contributed by atoms with E-state index < -0.39 is 0 Å². The van der Waals surface area contributed by atoms with E-state index in [1.54, 1.807) is 23.7 Å². The Labute approximate surface area is 710 Å². The Morgan fingerprint density at radius 3 is 1.00 bits per heavy atom. The molecule has 10 aromatic heterocycles. The van der Waals surface area contributed by atoms with Crippen molar-refractivity contribution in [3.05, 3.63) is 419 Å². The average molecular weight is 1600 g/mol. The van der Waals surface area contributed by atoms with E-state index in [2.05, 4.69) is 270 Å². The van der Waals surface area contributed by atoms with Crippen molar-refractivity contribution in [2.45, 2.75) is 0 Å². The molecule has 0 atom stereocenters. The number of thiazole rings is 1. The van der Waals surface area contributed by atoms with Gasteiger partial charge in [0.2, 0.25) is 5.89 Å². The first-order chi connectivity index (χ1) is 60.9. The number of para-hydroxylation sites is 3. The second kappa shape index (κ2) is 31.8. The highest BCUT2D eigenvalue weighted by Crippen LogP contribution is 2.48. The second-order valence-corrected chi connectivity index (χ2v) is 31.2. The van der Waals surface area contributed by atoms with Crippen LogP contribution in [-0.2, 0) is 0 Å². The van der Waals surface area contributed by atoms with Crippen LogP contribution in [-0.4, -0.2) is 34.9 Å². The first kappa shape index (κ1) is 73.0. The second-order valence-electron chi connectivity index (χ2n) is 30.1. The summed E-state index contributed by atoms with van der Waals surface area (Å²) in [6.07, 6.45) is 7.35. The van der Waals surface area contributed by atoms with Gasteiger partial charge in [0.1, 0.15) is 44.0 Å². The van der Waals surface area contributed by atoms with E-state index >= 15 is 0 Å². The van der Waals surface area contributed by atoms with Crippen LogP contribution in [0.5, 0.6) is 0 Å². The molecule has 11 nitrogen and oxygen atoms in total. The minimum Gasteiger partial charge on any atom is -0.455 e. The zero-order valence-electron chi connectivity index (χ0n) is 66.0. The number of benzene rings is 14. The fourth-order valence-electron chi connectivity index (χ4n) is 16.7. The van der Waals surface area contributed by atoms with E-state index in [1.165, 1.54) is 10.3 Å². The molecule has 0 spiro atoms. The molecule has 0 fully saturated rings. The number of hydrogen-bond acceptors (Lipinski definition) is 12. The van der Waals surface area contributed by atoms with Gasteiger partial charge in [0.15, 0.2) is 5.58 Å². The number of aromatic nitrogens is 7. The Kier molecular flexibility index (Phi) is 18.9. The van der Waals surface area contributed by atoms with Crippen LogP contribution in [0.1, 0.15) is 0 Å². The highest BCUT2D eigenvalue weighted by Gasteiger charge is 2.25. The van der Waals surface area contributed by atoms with E-state index in [0.717, 1.165) is 216 Å². The predicted octanol–water partition coefficient (Wildman–Crippen LogP) is 30.2. The molecule has 24 aromatic rings. The number of hydrogen-bond donors (Lipinski definition) is 0. The van der Waals surface area contributed by atoms with Crippen molar-refractivity contribution in [3.8, 4) is 145 Å². The van der Waals surface area contributed by atoms with Gasteiger partial charge in [-0.25, -0.2) is 15.0 Å². The lowest BCUT2D eigenvalue weighted by Gasteiger charge is -2.11. The maximum atomic E-state index is 6.68. The highest BCUT2D eigenvalue weighted by molar-refractivity contribution is 7.21. The summed E-state index contributed by atoms with van der Waals surface area (Å²) in [6, 6.07) is 135. The maximum Gasteiger partial charge on any atom is 0.228 e. The van der Waals surface area contributed by atoms with E-state index in [-0.39, 0.29) is 0 Å². The first-order valence-electron chi connectivity index (χ1n) is 40.8. The molecule has 0 amide bonds. The van der Waals surface area contributed by atoms with Gasteiger partial charge in [0.25, 0.3) is 0 Å². The van der Waals surface area contributed by atoms with Gasteiger partial charge in [0.05, 0.1) is 49.9 Å². The molecule has 0 aliphatic heterocycles. The smallest absolute Gasteiger partial charge is 0.228 e. The first-order valence-corrected chi connectivity index (χ1v) is 41.6. The molecule has 0 unspecified atom stereocenters. The number of nitrogens with zero attached hydrogens (tertiary/aromatic N) is 7. The number of oxazole rings is 1. The summed E-state index contributed by atoms with van der Waals surface area (Å²) < 4.78 is 27.0. The van der Waals surface area contributed by atoms with Gasteiger partial charge in [-0.1, -0.05) is 255 Å². The molecule has 0 bridgehead atoms.